The molecule has 96 valence electrons. The Kier molecular flexibility index (Phi) is 3.64. The van der Waals surface area contributed by atoms with Crippen LogP contribution in [0.1, 0.15) is 11.3 Å². The van der Waals surface area contributed by atoms with E-state index in [9.17, 15) is 4.79 Å². The summed E-state index contributed by atoms with van der Waals surface area (Å²) in [5.41, 5.74) is 5.64. The Hall–Kier alpha value is -1.85. The number of nitrogens with zero attached hydrogens (tertiary/aromatic N) is 2. The third-order valence-electron chi connectivity index (χ3n) is 2.84. The molecule has 0 aliphatic carbocycles. The number of nitrogens with one attached hydrogen (secondary N) is 1. The van der Waals surface area contributed by atoms with Crippen molar-refractivity contribution in [3.8, 4) is 5.69 Å². The third-order valence-corrected chi connectivity index (χ3v) is 2.84. The minimum absolute atomic E-state index is 0.0322. The fourth-order valence-electron chi connectivity index (χ4n) is 1.93. The van der Waals surface area contributed by atoms with Gasteiger partial charge in [-0.15, -0.1) is 0 Å². The third kappa shape index (κ3) is 2.37. The van der Waals surface area contributed by atoms with E-state index in [4.69, 9.17) is 4.84 Å². The quantitative estimate of drug-likeness (QED) is 0.824. The minimum Gasteiger partial charge on any atom is -0.305 e. The minimum atomic E-state index is -0.0322. The number of hydroxylamine groups is 1. The van der Waals surface area contributed by atoms with Gasteiger partial charge in [0.05, 0.1) is 12.8 Å². The molecular weight excluding hydrogens is 230 g/mol. The van der Waals surface area contributed by atoms with E-state index in [0.717, 1.165) is 16.9 Å². The Balaban J connectivity index is 2.32. The zero-order valence-electron chi connectivity index (χ0n) is 10.8. The first-order chi connectivity index (χ1) is 8.63. The molecule has 0 unspecified atom stereocenters. The summed E-state index contributed by atoms with van der Waals surface area (Å²) in [5.74, 6) is 0. The smallest absolute Gasteiger partial charge is 0.305 e. The van der Waals surface area contributed by atoms with Crippen molar-refractivity contribution in [2.24, 2.45) is 7.05 Å². The zero-order valence-corrected chi connectivity index (χ0v) is 10.8. The van der Waals surface area contributed by atoms with Gasteiger partial charge in [0.2, 0.25) is 0 Å². The van der Waals surface area contributed by atoms with Crippen LogP contribution in [0.2, 0.25) is 0 Å². The van der Waals surface area contributed by atoms with E-state index in [-0.39, 0.29) is 5.69 Å². The predicted octanol–water partition coefficient (Wildman–Crippen LogP) is 1.14. The number of aromatic nitrogens is 2. The lowest BCUT2D eigenvalue weighted by molar-refractivity contribution is 0.0867. The van der Waals surface area contributed by atoms with E-state index in [1.807, 2.05) is 37.4 Å². The van der Waals surface area contributed by atoms with Gasteiger partial charge in [-0.1, -0.05) is 12.1 Å². The lowest BCUT2D eigenvalue weighted by Crippen LogP contribution is -2.21. The van der Waals surface area contributed by atoms with Crippen LogP contribution in [0.5, 0.6) is 0 Å². The number of hydrogen-bond acceptors (Lipinski definition) is 3. The first-order valence-electron chi connectivity index (χ1n) is 5.73. The van der Waals surface area contributed by atoms with Gasteiger partial charge in [0.1, 0.15) is 0 Å². The van der Waals surface area contributed by atoms with Gasteiger partial charge in [-0.25, -0.2) is 4.79 Å². The average Bonchev–Trinajstić information content (AvgIpc) is 2.62. The van der Waals surface area contributed by atoms with E-state index in [0.29, 0.717) is 6.54 Å². The topological polar surface area (TPSA) is 48.2 Å². The molecular formula is C13H17N3O2. The van der Waals surface area contributed by atoms with Gasteiger partial charge in [-0.05, 0) is 24.6 Å². The van der Waals surface area contributed by atoms with Crippen molar-refractivity contribution in [1.82, 2.24) is 14.6 Å². The largest absolute Gasteiger partial charge is 0.332 e. The van der Waals surface area contributed by atoms with Crippen molar-refractivity contribution in [3.63, 3.8) is 0 Å². The molecule has 0 amide bonds. The van der Waals surface area contributed by atoms with Crippen LogP contribution in [0, 0.1) is 6.92 Å². The molecule has 0 saturated heterocycles. The Labute approximate surface area is 106 Å². The predicted molar refractivity (Wildman–Crippen MR) is 69.6 cm³/mol. The van der Waals surface area contributed by atoms with Gasteiger partial charge in [0.25, 0.3) is 0 Å². The van der Waals surface area contributed by atoms with Gasteiger partial charge < -0.3 is 9.40 Å². The monoisotopic (exact) mass is 247 g/mol. The molecule has 18 heavy (non-hydrogen) atoms. The molecule has 0 bridgehead atoms. The Morgan fingerprint density at radius 3 is 2.44 bits per heavy atom. The lowest BCUT2D eigenvalue weighted by atomic mass is 10.2. The first kappa shape index (κ1) is 12.6. The number of benzene rings is 1. The number of hydrogen-bond donors (Lipinski definition) is 1. The molecule has 5 nitrogen and oxygen atoms in total. The normalized spacial score (nSPS) is 10.8. The van der Waals surface area contributed by atoms with Crippen LogP contribution in [0.25, 0.3) is 5.69 Å². The average molecular weight is 247 g/mol. The summed E-state index contributed by atoms with van der Waals surface area (Å²) < 4.78 is 3.27. The molecule has 0 fully saturated rings. The van der Waals surface area contributed by atoms with Gasteiger partial charge in [-0.3, -0.25) is 4.57 Å². The molecule has 1 N–H and O–H groups in total. The second-order valence-corrected chi connectivity index (χ2v) is 4.19. The van der Waals surface area contributed by atoms with Crippen LogP contribution in [0.15, 0.2) is 35.3 Å². The van der Waals surface area contributed by atoms with Crippen molar-refractivity contribution in [3.05, 3.63) is 52.2 Å². The van der Waals surface area contributed by atoms with Gasteiger partial charge >= 0.3 is 5.69 Å². The molecule has 1 aromatic heterocycles. The molecule has 0 atom stereocenters. The van der Waals surface area contributed by atoms with Crippen LogP contribution < -0.4 is 11.2 Å². The summed E-state index contributed by atoms with van der Waals surface area (Å²) in [4.78, 5) is 16.7. The SMILES string of the molecule is CONCc1ccc(-n2c(C)cn(C)c2=O)cc1. The summed E-state index contributed by atoms with van der Waals surface area (Å²) in [7, 11) is 3.34. The molecule has 2 rings (SSSR count). The number of aryl methyl sites for hydroxylation is 2. The molecule has 5 heteroatoms. The highest BCUT2D eigenvalue weighted by Gasteiger charge is 2.07. The number of rotatable bonds is 4. The fourth-order valence-corrected chi connectivity index (χ4v) is 1.93. The Bertz CT molecular complexity index is 581. The van der Waals surface area contributed by atoms with Crippen molar-refractivity contribution in [2.75, 3.05) is 7.11 Å². The Morgan fingerprint density at radius 2 is 1.94 bits per heavy atom. The van der Waals surface area contributed by atoms with Crippen molar-refractivity contribution in [1.29, 1.82) is 0 Å². The lowest BCUT2D eigenvalue weighted by Gasteiger charge is -2.06. The van der Waals surface area contributed by atoms with Crippen molar-refractivity contribution in [2.45, 2.75) is 13.5 Å². The van der Waals surface area contributed by atoms with E-state index in [1.54, 1.807) is 23.3 Å². The highest BCUT2D eigenvalue weighted by Crippen LogP contribution is 2.10. The second kappa shape index (κ2) is 5.20. The molecule has 0 spiro atoms. The van der Waals surface area contributed by atoms with Crippen LogP contribution in [-0.4, -0.2) is 16.2 Å². The van der Waals surface area contributed by atoms with E-state index in [2.05, 4.69) is 5.48 Å². The highest BCUT2D eigenvalue weighted by molar-refractivity contribution is 5.36. The maximum atomic E-state index is 11.9. The van der Waals surface area contributed by atoms with Gasteiger partial charge in [0, 0.05) is 25.5 Å². The van der Waals surface area contributed by atoms with Gasteiger partial charge in [0.15, 0.2) is 0 Å². The zero-order chi connectivity index (χ0) is 13.1. The maximum Gasteiger partial charge on any atom is 0.332 e. The fraction of sp³-hybridized carbons (Fsp3) is 0.308. The molecule has 0 radical (unpaired) electrons. The molecule has 0 saturated carbocycles. The first-order valence-corrected chi connectivity index (χ1v) is 5.73. The second-order valence-electron chi connectivity index (χ2n) is 4.19. The molecule has 2 aromatic rings. The van der Waals surface area contributed by atoms with E-state index in [1.165, 1.54) is 0 Å². The van der Waals surface area contributed by atoms with E-state index >= 15 is 0 Å². The summed E-state index contributed by atoms with van der Waals surface area (Å²) in [6.45, 7) is 2.56. The number of imidazole rings is 1. The molecule has 0 aliphatic heterocycles. The van der Waals surface area contributed by atoms with E-state index < -0.39 is 0 Å². The molecule has 1 heterocycles. The molecule has 0 aliphatic rings. The van der Waals surface area contributed by atoms with Gasteiger partial charge in [-0.2, -0.15) is 5.48 Å². The summed E-state index contributed by atoms with van der Waals surface area (Å²) >= 11 is 0. The van der Waals surface area contributed by atoms with Crippen LogP contribution >= 0.6 is 0 Å². The van der Waals surface area contributed by atoms with Crippen molar-refractivity contribution < 1.29 is 4.84 Å². The summed E-state index contributed by atoms with van der Waals surface area (Å²) in [6.07, 6.45) is 1.82. The summed E-state index contributed by atoms with van der Waals surface area (Å²) in [5, 5.41) is 0. The van der Waals surface area contributed by atoms with Crippen LogP contribution in [0.3, 0.4) is 0 Å². The standard InChI is InChI=1S/C13H17N3O2/c1-10-9-15(2)13(17)16(10)12-6-4-11(5-7-12)8-14-18-3/h4-7,9,14H,8H2,1-3H3. The maximum absolute atomic E-state index is 11.9. The van der Waals surface area contributed by atoms with Crippen LogP contribution in [-0.2, 0) is 18.4 Å². The summed E-state index contributed by atoms with van der Waals surface area (Å²) in [6, 6.07) is 7.81. The highest BCUT2D eigenvalue weighted by atomic mass is 16.6. The Morgan fingerprint density at radius 1 is 1.28 bits per heavy atom. The van der Waals surface area contributed by atoms with Crippen molar-refractivity contribution >= 4 is 0 Å². The molecule has 1 aromatic carbocycles. The van der Waals surface area contributed by atoms with Crippen LogP contribution in [0.4, 0.5) is 0 Å².